The van der Waals surface area contributed by atoms with Gasteiger partial charge in [0.05, 0.1) is 5.92 Å². The van der Waals surface area contributed by atoms with E-state index >= 15 is 0 Å². The summed E-state index contributed by atoms with van der Waals surface area (Å²) < 4.78 is 0. The monoisotopic (exact) mass is 330 g/mol. The number of hydrogen-bond acceptors (Lipinski definition) is 5. The number of carbonyl (C=O) groups is 1. The van der Waals surface area contributed by atoms with Crippen molar-refractivity contribution < 1.29 is 4.79 Å². The molecule has 3 rings (SSSR count). The Hall–Kier alpha value is -1.79. The summed E-state index contributed by atoms with van der Waals surface area (Å²) in [6.45, 7) is 7.83. The fraction of sp³-hybridized carbons (Fsp3) is 0.471. The van der Waals surface area contributed by atoms with E-state index in [1.807, 2.05) is 7.05 Å². The first kappa shape index (κ1) is 16.1. The van der Waals surface area contributed by atoms with Gasteiger partial charge in [-0.15, -0.1) is 10.2 Å². The molecule has 1 unspecified atom stereocenters. The number of anilines is 1. The maximum atomic E-state index is 12.8. The quantitative estimate of drug-likeness (QED) is 0.939. The smallest absolute Gasteiger partial charge is 0.235 e. The van der Waals surface area contributed by atoms with Crippen LogP contribution in [0.2, 0.25) is 0 Å². The van der Waals surface area contributed by atoms with Crippen LogP contribution in [0.3, 0.4) is 0 Å². The van der Waals surface area contributed by atoms with Crippen molar-refractivity contribution in [3.05, 3.63) is 39.9 Å². The number of carbonyl (C=O) groups excluding carboxylic acids is 1. The van der Waals surface area contributed by atoms with Crippen molar-refractivity contribution in [2.75, 3.05) is 18.9 Å². The van der Waals surface area contributed by atoms with E-state index in [-0.39, 0.29) is 11.8 Å². The highest BCUT2D eigenvalue weighted by Crippen LogP contribution is 2.32. The fourth-order valence-corrected chi connectivity index (χ4v) is 3.81. The van der Waals surface area contributed by atoms with Crippen LogP contribution in [-0.2, 0) is 11.3 Å². The Kier molecular flexibility index (Phi) is 4.46. The van der Waals surface area contributed by atoms with Gasteiger partial charge in [0.15, 0.2) is 0 Å². The molecule has 6 heteroatoms. The van der Waals surface area contributed by atoms with E-state index in [2.05, 4.69) is 59.4 Å². The van der Waals surface area contributed by atoms with Crippen molar-refractivity contribution in [2.24, 2.45) is 0 Å². The minimum absolute atomic E-state index is 0.00134. The molecule has 0 bridgehead atoms. The standard InChI is InChI=1S/C17H22N4OS/c1-10(2)16-19-20-17(23-16)18-15(22)13-9-21(4)8-12-7-5-6-11(3)14(12)13/h5-7,10,13H,8-9H2,1-4H3,(H,18,20,22). The van der Waals surface area contributed by atoms with Gasteiger partial charge in [0.2, 0.25) is 11.0 Å². The Morgan fingerprint density at radius 1 is 1.39 bits per heavy atom. The number of benzene rings is 1. The lowest BCUT2D eigenvalue weighted by molar-refractivity contribution is -0.118. The molecule has 1 aromatic heterocycles. The number of rotatable bonds is 3. The van der Waals surface area contributed by atoms with Gasteiger partial charge >= 0.3 is 0 Å². The Bertz CT molecular complexity index is 725. The van der Waals surface area contributed by atoms with Crippen LogP contribution in [0.1, 0.15) is 47.4 Å². The van der Waals surface area contributed by atoms with Crippen molar-refractivity contribution >= 4 is 22.4 Å². The van der Waals surface area contributed by atoms with Crippen LogP contribution in [0.4, 0.5) is 5.13 Å². The van der Waals surface area contributed by atoms with E-state index in [9.17, 15) is 4.79 Å². The van der Waals surface area contributed by atoms with Gasteiger partial charge in [-0.25, -0.2) is 0 Å². The maximum absolute atomic E-state index is 12.8. The molecule has 1 N–H and O–H groups in total. The Morgan fingerprint density at radius 2 is 2.17 bits per heavy atom. The van der Waals surface area contributed by atoms with E-state index in [1.54, 1.807) is 0 Å². The average molecular weight is 330 g/mol. The molecule has 5 nitrogen and oxygen atoms in total. The first-order valence-electron chi connectivity index (χ1n) is 7.87. The summed E-state index contributed by atoms with van der Waals surface area (Å²) in [5.41, 5.74) is 3.58. The molecule has 0 saturated heterocycles. The molecule has 1 atom stereocenters. The van der Waals surface area contributed by atoms with Crippen molar-refractivity contribution in [2.45, 2.75) is 39.2 Å². The maximum Gasteiger partial charge on any atom is 0.235 e. The lowest BCUT2D eigenvalue weighted by Crippen LogP contribution is -2.37. The van der Waals surface area contributed by atoms with Gasteiger partial charge in [-0.3, -0.25) is 10.1 Å². The average Bonchev–Trinajstić information content (AvgIpc) is 2.95. The van der Waals surface area contributed by atoms with E-state index in [0.717, 1.165) is 23.7 Å². The number of aromatic nitrogens is 2. The van der Waals surface area contributed by atoms with Gasteiger partial charge in [0.25, 0.3) is 0 Å². The summed E-state index contributed by atoms with van der Waals surface area (Å²) >= 11 is 1.45. The molecule has 2 aromatic rings. The summed E-state index contributed by atoms with van der Waals surface area (Å²) in [5.74, 6) is 0.150. The lowest BCUT2D eigenvalue weighted by Gasteiger charge is -2.32. The van der Waals surface area contributed by atoms with E-state index in [4.69, 9.17) is 0 Å². The van der Waals surface area contributed by atoms with E-state index in [1.165, 1.54) is 22.5 Å². The Labute approximate surface area is 140 Å². The van der Waals surface area contributed by atoms with Gasteiger partial charge in [0, 0.05) is 19.0 Å². The van der Waals surface area contributed by atoms with E-state index in [0.29, 0.717) is 11.0 Å². The zero-order valence-electron chi connectivity index (χ0n) is 14.0. The molecule has 1 aliphatic heterocycles. The second-order valence-electron chi connectivity index (χ2n) is 6.49. The minimum atomic E-state index is -0.170. The van der Waals surface area contributed by atoms with Gasteiger partial charge in [-0.1, -0.05) is 43.4 Å². The number of nitrogens with zero attached hydrogens (tertiary/aromatic N) is 3. The number of amides is 1. The molecule has 1 aliphatic rings. The number of aryl methyl sites for hydroxylation is 1. The lowest BCUT2D eigenvalue weighted by atomic mass is 9.86. The van der Waals surface area contributed by atoms with Crippen molar-refractivity contribution in [1.29, 1.82) is 0 Å². The molecule has 0 aliphatic carbocycles. The molecule has 0 radical (unpaired) electrons. The van der Waals surface area contributed by atoms with Crippen molar-refractivity contribution in [3.63, 3.8) is 0 Å². The molecule has 1 amide bonds. The molecule has 122 valence electrons. The second-order valence-corrected chi connectivity index (χ2v) is 7.50. The summed E-state index contributed by atoms with van der Waals surface area (Å²) in [7, 11) is 2.05. The highest BCUT2D eigenvalue weighted by atomic mass is 32.1. The number of fused-ring (bicyclic) bond motifs is 1. The van der Waals surface area contributed by atoms with Gasteiger partial charge in [-0.2, -0.15) is 0 Å². The predicted molar refractivity (Wildman–Crippen MR) is 92.9 cm³/mol. The first-order valence-corrected chi connectivity index (χ1v) is 8.68. The predicted octanol–water partition coefficient (Wildman–Crippen LogP) is 3.14. The zero-order chi connectivity index (χ0) is 16.6. The molecule has 23 heavy (non-hydrogen) atoms. The molecule has 0 fully saturated rings. The van der Waals surface area contributed by atoms with Crippen LogP contribution >= 0.6 is 11.3 Å². The van der Waals surface area contributed by atoms with Crippen molar-refractivity contribution in [1.82, 2.24) is 15.1 Å². The van der Waals surface area contributed by atoms with Gasteiger partial charge in [0.1, 0.15) is 5.01 Å². The molecule has 0 saturated carbocycles. The third-order valence-corrected chi connectivity index (χ3v) is 5.32. The molecule has 1 aromatic carbocycles. The molecular formula is C17H22N4OS. The third kappa shape index (κ3) is 3.28. The SMILES string of the molecule is Cc1cccc2c1C(C(=O)Nc1nnc(C(C)C)s1)CN(C)C2. The van der Waals surface area contributed by atoms with Crippen LogP contribution in [0.25, 0.3) is 0 Å². The third-order valence-electron chi connectivity index (χ3n) is 4.18. The summed E-state index contributed by atoms with van der Waals surface area (Å²) in [6.07, 6.45) is 0. The van der Waals surface area contributed by atoms with Crippen molar-refractivity contribution in [3.8, 4) is 0 Å². The van der Waals surface area contributed by atoms with Crippen LogP contribution in [0.15, 0.2) is 18.2 Å². The minimum Gasteiger partial charge on any atom is -0.301 e. The molecule has 0 spiro atoms. The largest absolute Gasteiger partial charge is 0.301 e. The van der Waals surface area contributed by atoms with Gasteiger partial charge < -0.3 is 4.90 Å². The summed E-state index contributed by atoms with van der Waals surface area (Å²) in [4.78, 5) is 15.0. The Balaban J connectivity index is 1.85. The fourth-order valence-electron chi connectivity index (χ4n) is 3.06. The number of hydrogen-bond donors (Lipinski definition) is 1. The first-order chi connectivity index (χ1) is 11.0. The van der Waals surface area contributed by atoms with Crippen LogP contribution < -0.4 is 5.32 Å². The van der Waals surface area contributed by atoms with E-state index < -0.39 is 0 Å². The highest BCUT2D eigenvalue weighted by Gasteiger charge is 2.30. The normalized spacial score (nSPS) is 18.0. The van der Waals surface area contributed by atoms with Gasteiger partial charge in [-0.05, 0) is 30.7 Å². The second kappa shape index (κ2) is 6.37. The molecular weight excluding hydrogens is 308 g/mol. The highest BCUT2D eigenvalue weighted by molar-refractivity contribution is 7.15. The zero-order valence-corrected chi connectivity index (χ0v) is 14.8. The number of nitrogens with one attached hydrogen (secondary N) is 1. The summed E-state index contributed by atoms with van der Waals surface area (Å²) in [6, 6.07) is 6.24. The number of likely N-dealkylation sites (N-methyl/N-ethyl adjacent to an activating group) is 1. The topological polar surface area (TPSA) is 58.1 Å². The van der Waals surface area contributed by atoms with Crippen LogP contribution in [0.5, 0.6) is 0 Å². The van der Waals surface area contributed by atoms with Crippen LogP contribution in [-0.4, -0.2) is 34.6 Å². The Morgan fingerprint density at radius 3 is 2.87 bits per heavy atom. The summed E-state index contributed by atoms with van der Waals surface area (Å²) in [5, 5.41) is 12.7. The van der Waals surface area contributed by atoms with Crippen LogP contribution in [0, 0.1) is 6.92 Å². The molecule has 2 heterocycles.